The van der Waals surface area contributed by atoms with Crippen LogP contribution in [0.5, 0.6) is 5.75 Å². The number of hydrogen-bond donors (Lipinski definition) is 1. The molecule has 1 N–H and O–H groups in total. The molecule has 154 valence electrons. The Bertz CT molecular complexity index is 985. The maximum Gasteiger partial charge on any atom is 0.260 e. The first-order valence-electron chi connectivity index (χ1n) is 9.97. The van der Waals surface area contributed by atoms with E-state index >= 15 is 0 Å². The maximum atomic E-state index is 12.6. The summed E-state index contributed by atoms with van der Waals surface area (Å²) in [4.78, 5) is 26.8. The van der Waals surface area contributed by atoms with Crippen LogP contribution < -0.4 is 10.1 Å². The largest absolute Gasteiger partial charge is 0.483 e. The summed E-state index contributed by atoms with van der Waals surface area (Å²) in [5, 5.41) is 2.84. The van der Waals surface area contributed by atoms with Gasteiger partial charge in [-0.1, -0.05) is 61.5 Å². The van der Waals surface area contributed by atoms with Gasteiger partial charge in [0.1, 0.15) is 5.75 Å². The predicted molar refractivity (Wildman–Crippen MR) is 119 cm³/mol. The van der Waals surface area contributed by atoms with Gasteiger partial charge in [0, 0.05) is 19.3 Å². The smallest absolute Gasteiger partial charge is 0.260 e. The molecule has 0 unspecified atom stereocenters. The van der Waals surface area contributed by atoms with Crippen molar-refractivity contribution in [2.75, 3.05) is 19.0 Å². The van der Waals surface area contributed by atoms with E-state index in [2.05, 4.69) is 24.4 Å². The minimum atomic E-state index is -0.284. The molecule has 3 aromatic rings. The number of likely N-dealkylation sites (N-methyl/N-ethyl adjacent to an activating group) is 1. The number of para-hydroxylation sites is 2. The molecule has 0 aliphatic carbocycles. The van der Waals surface area contributed by atoms with Crippen LogP contribution in [0, 0.1) is 0 Å². The molecule has 0 saturated carbocycles. The van der Waals surface area contributed by atoms with E-state index < -0.39 is 0 Å². The topological polar surface area (TPSA) is 58.6 Å². The molecule has 0 aromatic heterocycles. The number of ether oxygens (including phenoxy) is 1. The van der Waals surface area contributed by atoms with E-state index in [4.69, 9.17) is 4.74 Å². The van der Waals surface area contributed by atoms with Crippen molar-refractivity contribution >= 4 is 17.5 Å². The van der Waals surface area contributed by atoms with Crippen LogP contribution in [0.2, 0.25) is 0 Å². The van der Waals surface area contributed by atoms with Gasteiger partial charge >= 0.3 is 0 Å². The third-order valence-corrected chi connectivity index (χ3v) is 4.79. The fraction of sp³-hybridized carbons (Fsp3) is 0.200. The minimum Gasteiger partial charge on any atom is -0.483 e. The van der Waals surface area contributed by atoms with E-state index in [-0.39, 0.29) is 18.4 Å². The van der Waals surface area contributed by atoms with Gasteiger partial charge in [0.15, 0.2) is 6.61 Å². The zero-order chi connectivity index (χ0) is 21.3. The van der Waals surface area contributed by atoms with Crippen LogP contribution in [-0.4, -0.2) is 30.4 Å². The van der Waals surface area contributed by atoms with Gasteiger partial charge in [-0.25, -0.2) is 0 Å². The van der Waals surface area contributed by atoms with Crippen LogP contribution in [0.3, 0.4) is 0 Å². The van der Waals surface area contributed by atoms with Crippen molar-refractivity contribution in [2.45, 2.75) is 19.9 Å². The SMILES string of the molecule is CCc1ccc(CN(C)C(=O)COc2ccccc2C(=O)Nc2ccccc2)cc1. The highest BCUT2D eigenvalue weighted by atomic mass is 16.5. The molecule has 0 fully saturated rings. The predicted octanol–water partition coefficient (Wildman–Crippen LogP) is 4.54. The van der Waals surface area contributed by atoms with E-state index in [1.165, 1.54) is 5.56 Å². The van der Waals surface area contributed by atoms with Crippen molar-refractivity contribution in [3.05, 3.63) is 95.6 Å². The average Bonchev–Trinajstić information content (AvgIpc) is 2.78. The van der Waals surface area contributed by atoms with E-state index in [1.807, 2.05) is 42.5 Å². The van der Waals surface area contributed by atoms with Crippen LogP contribution >= 0.6 is 0 Å². The molecule has 5 nitrogen and oxygen atoms in total. The second kappa shape index (κ2) is 10.3. The molecule has 30 heavy (non-hydrogen) atoms. The lowest BCUT2D eigenvalue weighted by Gasteiger charge is -2.18. The Labute approximate surface area is 177 Å². The molecule has 2 amide bonds. The maximum absolute atomic E-state index is 12.6. The molecule has 0 saturated heterocycles. The number of carbonyl (C=O) groups excluding carboxylic acids is 2. The Balaban J connectivity index is 1.59. The second-order valence-corrected chi connectivity index (χ2v) is 7.02. The molecule has 0 aliphatic heterocycles. The number of anilines is 1. The molecule has 3 rings (SSSR count). The fourth-order valence-electron chi connectivity index (χ4n) is 2.99. The van der Waals surface area contributed by atoms with Gasteiger partial charge in [0.05, 0.1) is 5.56 Å². The van der Waals surface area contributed by atoms with Crippen LogP contribution in [0.4, 0.5) is 5.69 Å². The number of aryl methyl sites for hydroxylation is 1. The normalized spacial score (nSPS) is 10.3. The highest BCUT2D eigenvalue weighted by molar-refractivity contribution is 6.06. The Morgan fingerprint density at radius 3 is 2.20 bits per heavy atom. The number of nitrogens with zero attached hydrogens (tertiary/aromatic N) is 1. The number of nitrogens with one attached hydrogen (secondary N) is 1. The van der Waals surface area contributed by atoms with E-state index in [1.54, 1.807) is 36.2 Å². The van der Waals surface area contributed by atoms with Crippen LogP contribution in [0.25, 0.3) is 0 Å². The van der Waals surface area contributed by atoms with E-state index in [9.17, 15) is 9.59 Å². The molecule has 0 bridgehead atoms. The first-order valence-corrected chi connectivity index (χ1v) is 9.97. The Kier molecular flexibility index (Phi) is 7.22. The number of benzene rings is 3. The average molecular weight is 402 g/mol. The highest BCUT2D eigenvalue weighted by Gasteiger charge is 2.15. The minimum absolute atomic E-state index is 0.140. The van der Waals surface area contributed by atoms with Crippen molar-refractivity contribution in [1.29, 1.82) is 0 Å². The molecule has 5 heteroatoms. The molecule has 0 spiro atoms. The van der Waals surface area contributed by atoms with Gasteiger partial charge in [-0.3, -0.25) is 9.59 Å². The van der Waals surface area contributed by atoms with Crippen LogP contribution in [-0.2, 0) is 17.8 Å². The summed E-state index contributed by atoms with van der Waals surface area (Å²) < 4.78 is 5.70. The summed E-state index contributed by atoms with van der Waals surface area (Å²) in [6.45, 7) is 2.47. The third kappa shape index (κ3) is 5.70. The van der Waals surface area contributed by atoms with Gasteiger partial charge in [-0.05, 0) is 41.8 Å². The third-order valence-electron chi connectivity index (χ3n) is 4.79. The first kappa shape index (κ1) is 21.1. The van der Waals surface area contributed by atoms with Gasteiger partial charge in [0.2, 0.25) is 0 Å². The quantitative estimate of drug-likeness (QED) is 0.602. The number of carbonyl (C=O) groups is 2. The standard InChI is InChI=1S/C25H26N2O3/c1-3-19-13-15-20(16-14-19)17-27(2)24(28)18-30-23-12-8-7-11-22(23)25(29)26-21-9-5-4-6-10-21/h4-16H,3,17-18H2,1-2H3,(H,26,29). The van der Waals surface area contributed by atoms with Crippen molar-refractivity contribution in [3.8, 4) is 5.75 Å². The molecular formula is C25H26N2O3. The molecule has 0 aliphatic rings. The molecule has 0 heterocycles. The van der Waals surface area contributed by atoms with E-state index in [0.717, 1.165) is 12.0 Å². The lowest BCUT2D eigenvalue weighted by atomic mass is 10.1. The van der Waals surface area contributed by atoms with Gasteiger partial charge < -0.3 is 15.0 Å². The summed E-state index contributed by atoms with van der Waals surface area (Å²) >= 11 is 0. The zero-order valence-corrected chi connectivity index (χ0v) is 17.3. The Morgan fingerprint density at radius 2 is 1.50 bits per heavy atom. The van der Waals surface area contributed by atoms with Gasteiger partial charge in [-0.15, -0.1) is 0 Å². The summed E-state index contributed by atoms with van der Waals surface area (Å²) in [5.74, 6) is -0.0681. The summed E-state index contributed by atoms with van der Waals surface area (Å²) in [7, 11) is 1.74. The molecule has 0 radical (unpaired) electrons. The Hall–Kier alpha value is -3.60. The molecule has 0 atom stereocenters. The number of hydrogen-bond acceptors (Lipinski definition) is 3. The monoisotopic (exact) mass is 402 g/mol. The highest BCUT2D eigenvalue weighted by Crippen LogP contribution is 2.20. The van der Waals surface area contributed by atoms with Gasteiger partial charge in [0.25, 0.3) is 11.8 Å². The van der Waals surface area contributed by atoms with Crippen molar-refractivity contribution in [1.82, 2.24) is 4.90 Å². The number of amides is 2. The Morgan fingerprint density at radius 1 is 0.867 bits per heavy atom. The molecular weight excluding hydrogens is 376 g/mol. The van der Waals surface area contributed by atoms with E-state index in [0.29, 0.717) is 23.5 Å². The molecule has 3 aromatic carbocycles. The zero-order valence-electron chi connectivity index (χ0n) is 17.3. The lowest BCUT2D eigenvalue weighted by molar-refractivity contribution is -0.132. The fourth-order valence-corrected chi connectivity index (χ4v) is 2.99. The number of rotatable bonds is 8. The summed E-state index contributed by atoms with van der Waals surface area (Å²) in [6, 6.07) is 24.3. The first-order chi connectivity index (χ1) is 14.6. The van der Waals surface area contributed by atoms with Crippen LogP contribution in [0.1, 0.15) is 28.4 Å². The summed E-state index contributed by atoms with van der Waals surface area (Å²) in [5.41, 5.74) is 3.40. The summed E-state index contributed by atoms with van der Waals surface area (Å²) in [6.07, 6.45) is 0.986. The van der Waals surface area contributed by atoms with Crippen molar-refractivity contribution < 1.29 is 14.3 Å². The van der Waals surface area contributed by atoms with Gasteiger partial charge in [-0.2, -0.15) is 0 Å². The lowest BCUT2D eigenvalue weighted by Crippen LogP contribution is -2.31. The second-order valence-electron chi connectivity index (χ2n) is 7.02. The van der Waals surface area contributed by atoms with Crippen molar-refractivity contribution in [3.63, 3.8) is 0 Å². The van der Waals surface area contributed by atoms with Crippen molar-refractivity contribution in [2.24, 2.45) is 0 Å². The van der Waals surface area contributed by atoms with Crippen LogP contribution in [0.15, 0.2) is 78.9 Å².